The largest absolute Gasteiger partial charge is 0.368 e. The molecule has 0 bridgehead atoms. The van der Waals surface area contributed by atoms with E-state index >= 15 is 0 Å². The van der Waals surface area contributed by atoms with Crippen LogP contribution in [-0.2, 0) is 4.79 Å². The average Bonchev–Trinajstić information content (AvgIpc) is 2.97. The molecule has 2 aromatic heterocycles. The zero-order chi connectivity index (χ0) is 16.6. The highest BCUT2D eigenvalue weighted by Gasteiger charge is 2.26. The van der Waals surface area contributed by atoms with E-state index in [4.69, 9.17) is 5.73 Å². The number of nitrogens with zero attached hydrogens (tertiary/aromatic N) is 6. The number of hydrogen-bond donors (Lipinski definition) is 1. The van der Waals surface area contributed by atoms with Crippen LogP contribution >= 0.6 is 0 Å². The van der Waals surface area contributed by atoms with Crippen molar-refractivity contribution in [1.29, 1.82) is 0 Å². The number of carbonyl (C=O) groups excluding carboxylic acids is 1. The molecule has 1 fully saturated rings. The summed E-state index contributed by atoms with van der Waals surface area (Å²) in [7, 11) is 0. The topological polar surface area (TPSA) is 123 Å². The molecule has 23 heavy (non-hydrogen) atoms. The molecule has 0 spiro atoms. The molecule has 0 aromatic carbocycles. The predicted molar refractivity (Wildman–Crippen MR) is 82.1 cm³/mol. The standard InChI is InChI=1S/C13H17N7O3/c1-9(13(14)21)17-4-6-18(7-5-17)11-3-2-10-15-8-12(20(22)23)19(10)16-11/h2-3,8-9H,4-7H2,1H3,(H2,14,21). The highest BCUT2D eigenvalue weighted by Crippen LogP contribution is 2.19. The van der Waals surface area contributed by atoms with Crippen molar-refractivity contribution in [3.63, 3.8) is 0 Å². The summed E-state index contributed by atoms with van der Waals surface area (Å²) in [5, 5.41) is 15.3. The van der Waals surface area contributed by atoms with Crippen LogP contribution in [0.5, 0.6) is 0 Å². The first-order valence-electron chi connectivity index (χ1n) is 7.25. The zero-order valence-corrected chi connectivity index (χ0v) is 12.6. The Kier molecular flexibility index (Phi) is 3.82. The van der Waals surface area contributed by atoms with E-state index in [1.807, 2.05) is 9.80 Å². The van der Waals surface area contributed by atoms with Gasteiger partial charge in [-0.1, -0.05) is 9.61 Å². The molecule has 1 amide bonds. The fraction of sp³-hybridized carbons (Fsp3) is 0.462. The van der Waals surface area contributed by atoms with Gasteiger partial charge in [-0.05, 0) is 17.9 Å². The van der Waals surface area contributed by atoms with Gasteiger partial charge in [0.05, 0.1) is 6.04 Å². The van der Waals surface area contributed by atoms with Crippen molar-refractivity contribution in [1.82, 2.24) is 19.5 Å². The van der Waals surface area contributed by atoms with Crippen LogP contribution in [0.1, 0.15) is 6.92 Å². The number of aromatic nitrogens is 3. The van der Waals surface area contributed by atoms with Gasteiger partial charge in [-0.3, -0.25) is 9.69 Å². The molecule has 0 aliphatic carbocycles. The molecule has 1 aliphatic heterocycles. The van der Waals surface area contributed by atoms with E-state index in [1.54, 1.807) is 19.1 Å². The number of nitro groups is 1. The summed E-state index contributed by atoms with van der Waals surface area (Å²) in [4.78, 5) is 29.7. The minimum atomic E-state index is -0.511. The summed E-state index contributed by atoms with van der Waals surface area (Å²) in [6.45, 7) is 4.47. The Morgan fingerprint density at radius 2 is 2.04 bits per heavy atom. The van der Waals surface area contributed by atoms with E-state index in [0.717, 1.165) is 0 Å². The fourth-order valence-electron chi connectivity index (χ4n) is 2.66. The first-order chi connectivity index (χ1) is 11.0. The Morgan fingerprint density at radius 1 is 1.35 bits per heavy atom. The molecule has 10 nitrogen and oxygen atoms in total. The molecule has 1 saturated heterocycles. The number of anilines is 1. The molecule has 0 saturated carbocycles. The third-order valence-corrected chi connectivity index (χ3v) is 4.12. The van der Waals surface area contributed by atoms with E-state index in [1.165, 1.54) is 10.7 Å². The number of imidazole rings is 1. The Bertz CT molecular complexity index is 751. The Morgan fingerprint density at radius 3 is 2.65 bits per heavy atom. The summed E-state index contributed by atoms with van der Waals surface area (Å²) >= 11 is 0. The Labute approximate surface area is 131 Å². The summed E-state index contributed by atoms with van der Waals surface area (Å²) in [5.41, 5.74) is 5.76. The van der Waals surface area contributed by atoms with Crippen LogP contribution in [0, 0.1) is 10.1 Å². The molecule has 10 heteroatoms. The Balaban J connectivity index is 1.78. The van der Waals surface area contributed by atoms with E-state index in [0.29, 0.717) is 37.6 Å². The maximum Gasteiger partial charge on any atom is 0.368 e. The second-order valence-corrected chi connectivity index (χ2v) is 5.44. The van der Waals surface area contributed by atoms with Gasteiger partial charge in [0, 0.05) is 32.2 Å². The zero-order valence-electron chi connectivity index (χ0n) is 12.6. The van der Waals surface area contributed by atoms with Crippen LogP contribution in [0.15, 0.2) is 18.3 Å². The monoisotopic (exact) mass is 319 g/mol. The van der Waals surface area contributed by atoms with Crippen molar-refractivity contribution in [2.45, 2.75) is 13.0 Å². The lowest BCUT2D eigenvalue weighted by Gasteiger charge is -2.37. The van der Waals surface area contributed by atoms with Gasteiger partial charge in [0.1, 0.15) is 6.20 Å². The molecule has 3 rings (SSSR count). The molecule has 1 aliphatic rings. The summed E-state index contributed by atoms with van der Waals surface area (Å²) in [6, 6.07) is 3.19. The highest BCUT2D eigenvalue weighted by molar-refractivity contribution is 5.79. The molecule has 2 N–H and O–H groups in total. The fourth-order valence-corrected chi connectivity index (χ4v) is 2.66. The molecule has 0 radical (unpaired) electrons. The van der Waals surface area contributed by atoms with Crippen molar-refractivity contribution in [3.05, 3.63) is 28.4 Å². The van der Waals surface area contributed by atoms with Crippen molar-refractivity contribution >= 4 is 23.2 Å². The lowest BCUT2D eigenvalue weighted by atomic mass is 10.2. The predicted octanol–water partition coefficient (Wildman–Crippen LogP) is -0.367. The minimum absolute atomic E-state index is 0.164. The van der Waals surface area contributed by atoms with E-state index in [2.05, 4.69) is 10.1 Å². The number of carbonyl (C=O) groups is 1. The maximum atomic E-state index is 11.2. The number of nitrogens with two attached hydrogens (primary N) is 1. The summed E-state index contributed by atoms with van der Waals surface area (Å²) < 4.78 is 1.23. The number of amides is 1. The van der Waals surface area contributed by atoms with Gasteiger partial charge < -0.3 is 20.7 Å². The van der Waals surface area contributed by atoms with Crippen LogP contribution in [0.3, 0.4) is 0 Å². The normalized spacial score (nSPS) is 17.3. The number of rotatable bonds is 4. The number of fused-ring (bicyclic) bond motifs is 1. The SMILES string of the molecule is CC(C(N)=O)N1CCN(c2ccc3ncc([N+](=O)[O-])n3n2)CC1. The van der Waals surface area contributed by atoms with E-state index in [-0.39, 0.29) is 17.8 Å². The van der Waals surface area contributed by atoms with Crippen LogP contribution in [-0.4, -0.2) is 62.5 Å². The molecule has 1 unspecified atom stereocenters. The second-order valence-electron chi connectivity index (χ2n) is 5.44. The minimum Gasteiger partial charge on any atom is -0.368 e. The van der Waals surface area contributed by atoms with Crippen LogP contribution in [0.2, 0.25) is 0 Å². The van der Waals surface area contributed by atoms with Gasteiger partial charge in [-0.15, -0.1) is 0 Å². The van der Waals surface area contributed by atoms with Gasteiger partial charge in [-0.2, -0.15) is 0 Å². The highest BCUT2D eigenvalue weighted by atomic mass is 16.6. The van der Waals surface area contributed by atoms with Gasteiger partial charge in [0.25, 0.3) is 0 Å². The van der Waals surface area contributed by atoms with Crippen LogP contribution < -0.4 is 10.6 Å². The van der Waals surface area contributed by atoms with Crippen molar-refractivity contribution < 1.29 is 9.72 Å². The Hall–Kier alpha value is -2.75. The van der Waals surface area contributed by atoms with Gasteiger partial charge in [0.15, 0.2) is 5.82 Å². The van der Waals surface area contributed by atoms with Crippen molar-refractivity contribution in [2.24, 2.45) is 5.73 Å². The molecule has 3 heterocycles. The van der Waals surface area contributed by atoms with E-state index in [9.17, 15) is 14.9 Å². The molecule has 2 aromatic rings. The van der Waals surface area contributed by atoms with Crippen LogP contribution in [0.4, 0.5) is 11.6 Å². The molecular formula is C13H17N7O3. The number of primary amides is 1. The van der Waals surface area contributed by atoms with Crippen molar-refractivity contribution in [2.75, 3.05) is 31.1 Å². The average molecular weight is 319 g/mol. The third kappa shape index (κ3) is 2.80. The van der Waals surface area contributed by atoms with Crippen LogP contribution in [0.25, 0.3) is 5.65 Å². The molecule has 122 valence electrons. The quantitative estimate of drug-likeness (QED) is 0.602. The number of hydrogen-bond acceptors (Lipinski definition) is 7. The van der Waals surface area contributed by atoms with Gasteiger partial charge >= 0.3 is 5.82 Å². The van der Waals surface area contributed by atoms with Gasteiger partial charge in [0.2, 0.25) is 11.6 Å². The molecule has 1 atom stereocenters. The second kappa shape index (κ2) is 5.80. The summed E-state index contributed by atoms with van der Waals surface area (Å²) in [5.74, 6) is 0.139. The first kappa shape index (κ1) is 15.2. The maximum absolute atomic E-state index is 11.2. The first-order valence-corrected chi connectivity index (χ1v) is 7.25. The summed E-state index contributed by atoms with van der Waals surface area (Å²) in [6.07, 6.45) is 1.19. The molecular weight excluding hydrogens is 302 g/mol. The van der Waals surface area contributed by atoms with Gasteiger partial charge in [-0.25, -0.2) is 4.98 Å². The lowest BCUT2D eigenvalue weighted by molar-refractivity contribution is -0.391. The van der Waals surface area contributed by atoms with E-state index < -0.39 is 4.92 Å². The lowest BCUT2D eigenvalue weighted by Crippen LogP contribution is -2.53. The third-order valence-electron chi connectivity index (χ3n) is 4.12. The number of piperazine rings is 1. The van der Waals surface area contributed by atoms with Crippen molar-refractivity contribution in [3.8, 4) is 0 Å². The smallest absolute Gasteiger partial charge is 0.368 e.